The van der Waals surface area contributed by atoms with Gasteiger partial charge in [0, 0.05) is 19.6 Å². The molecule has 2 fully saturated rings. The third kappa shape index (κ3) is 5.12. The van der Waals surface area contributed by atoms with Crippen molar-refractivity contribution in [3.63, 3.8) is 0 Å². The Morgan fingerprint density at radius 2 is 2.09 bits per heavy atom. The molecule has 2 rings (SSSR count). The van der Waals surface area contributed by atoms with Crippen LogP contribution < -0.4 is 5.32 Å². The Bertz CT molecular complexity index is 376. The lowest BCUT2D eigenvalue weighted by Crippen LogP contribution is -2.45. The Morgan fingerprint density at radius 3 is 2.77 bits per heavy atom. The van der Waals surface area contributed by atoms with Gasteiger partial charge in [0.15, 0.2) is 0 Å². The molecule has 22 heavy (non-hydrogen) atoms. The summed E-state index contributed by atoms with van der Waals surface area (Å²) in [6.07, 6.45) is -0.374. The smallest absolute Gasteiger partial charge is 0.355 e. The number of rotatable bonds is 5. The van der Waals surface area contributed by atoms with E-state index in [1.165, 1.54) is 4.90 Å². The summed E-state index contributed by atoms with van der Waals surface area (Å²) in [6.45, 7) is 4.06. The molecule has 1 amide bonds. The third-order valence-corrected chi connectivity index (χ3v) is 4.63. The number of alkyl halides is 3. The van der Waals surface area contributed by atoms with Gasteiger partial charge in [-0.15, -0.1) is 0 Å². The van der Waals surface area contributed by atoms with E-state index in [0.717, 1.165) is 45.3 Å². The van der Waals surface area contributed by atoms with E-state index in [2.05, 4.69) is 10.2 Å². The highest BCUT2D eigenvalue weighted by Gasteiger charge is 2.35. The fourth-order valence-corrected chi connectivity index (χ4v) is 3.49. The lowest BCUT2D eigenvalue weighted by molar-refractivity contribution is -0.146. The van der Waals surface area contributed by atoms with Crippen LogP contribution in [0.2, 0.25) is 0 Å². The molecule has 2 atom stereocenters. The number of nitrogens with one attached hydrogen (secondary N) is 1. The highest BCUT2D eigenvalue weighted by molar-refractivity contribution is 5.81. The van der Waals surface area contributed by atoms with Gasteiger partial charge >= 0.3 is 6.18 Å². The van der Waals surface area contributed by atoms with Crippen molar-refractivity contribution in [2.45, 2.75) is 44.8 Å². The van der Waals surface area contributed by atoms with Gasteiger partial charge in [0.1, 0.15) is 0 Å². The summed E-state index contributed by atoms with van der Waals surface area (Å²) in [4.78, 5) is 15.7. The quantitative estimate of drug-likeness (QED) is 0.839. The van der Waals surface area contributed by atoms with E-state index in [1.54, 1.807) is 6.92 Å². The zero-order valence-corrected chi connectivity index (χ0v) is 13.2. The number of carbonyl (C=O) groups is 1. The highest BCUT2D eigenvalue weighted by atomic mass is 19.4. The summed E-state index contributed by atoms with van der Waals surface area (Å²) in [5, 5.41) is 2.93. The predicted molar refractivity (Wildman–Crippen MR) is 78.5 cm³/mol. The molecule has 2 heterocycles. The summed E-state index contributed by atoms with van der Waals surface area (Å²) in [5.74, 6) is 0.305. The minimum absolute atomic E-state index is 0.0841. The van der Waals surface area contributed by atoms with Crippen LogP contribution in [0.25, 0.3) is 0 Å². The Hall–Kier alpha value is -0.820. The van der Waals surface area contributed by atoms with Crippen molar-refractivity contribution in [2.24, 2.45) is 5.92 Å². The van der Waals surface area contributed by atoms with Crippen LogP contribution in [-0.2, 0) is 4.79 Å². The second kappa shape index (κ2) is 7.64. The Balaban J connectivity index is 1.85. The van der Waals surface area contributed by atoms with Crippen LogP contribution in [0.5, 0.6) is 0 Å². The van der Waals surface area contributed by atoms with Gasteiger partial charge in [-0.3, -0.25) is 14.6 Å². The van der Waals surface area contributed by atoms with E-state index in [9.17, 15) is 18.0 Å². The van der Waals surface area contributed by atoms with Gasteiger partial charge in [-0.25, -0.2) is 0 Å². The van der Waals surface area contributed by atoms with Crippen molar-refractivity contribution < 1.29 is 18.0 Å². The van der Waals surface area contributed by atoms with Gasteiger partial charge in [-0.2, -0.15) is 13.2 Å². The van der Waals surface area contributed by atoms with Crippen LogP contribution in [-0.4, -0.2) is 67.2 Å². The fraction of sp³-hybridized carbons (Fsp3) is 0.933. The molecular weight excluding hydrogens is 295 g/mol. The minimum Gasteiger partial charge on any atom is -0.355 e. The molecule has 2 unspecified atom stereocenters. The summed E-state index contributed by atoms with van der Waals surface area (Å²) in [7, 11) is 0. The van der Waals surface area contributed by atoms with Crippen LogP contribution in [0.4, 0.5) is 13.2 Å². The average Bonchev–Trinajstić information content (AvgIpc) is 2.77. The summed E-state index contributed by atoms with van der Waals surface area (Å²) in [6, 6.07) is -0.0924. The fourth-order valence-electron chi connectivity index (χ4n) is 3.49. The van der Waals surface area contributed by atoms with Crippen molar-refractivity contribution in [1.29, 1.82) is 0 Å². The van der Waals surface area contributed by atoms with E-state index >= 15 is 0 Å². The molecule has 0 aliphatic carbocycles. The maximum atomic E-state index is 12.5. The normalized spacial score (nSPS) is 28.0. The van der Waals surface area contributed by atoms with Crippen molar-refractivity contribution in [3.8, 4) is 0 Å². The van der Waals surface area contributed by atoms with Crippen molar-refractivity contribution in [3.05, 3.63) is 0 Å². The zero-order valence-electron chi connectivity index (χ0n) is 13.2. The molecule has 0 aromatic carbocycles. The molecule has 7 heteroatoms. The van der Waals surface area contributed by atoms with E-state index in [0.29, 0.717) is 13.1 Å². The van der Waals surface area contributed by atoms with Gasteiger partial charge in [0.25, 0.3) is 0 Å². The van der Waals surface area contributed by atoms with E-state index < -0.39 is 12.7 Å². The lowest BCUT2D eigenvalue weighted by atomic mass is 10.1. The first-order valence-corrected chi connectivity index (χ1v) is 8.20. The first-order chi connectivity index (χ1) is 10.4. The molecule has 2 aliphatic rings. The van der Waals surface area contributed by atoms with Crippen LogP contribution in [0.15, 0.2) is 0 Å². The van der Waals surface area contributed by atoms with Crippen LogP contribution in [0.3, 0.4) is 0 Å². The number of likely N-dealkylation sites (tertiary alicyclic amines) is 1. The van der Waals surface area contributed by atoms with Gasteiger partial charge < -0.3 is 5.32 Å². The van der Waals surface area contributed by atoms with Crippen LogP contribution >= 0.6 is 0 Å². The lowest BCUT2D eigenvalue weighted by Gasteiger charge is -2.27. The predicted octanol–water partition coefficient (Wildman–Crippen LogP) is 1.86. The average molecular weight is 321 g/mol. The number of hydrogen-bond donors (Lipinski definition) is 1. The van der Waals surface area contributed by atoms with Gasteiger partial charge in [-0.05, 0) is 44.7 Å². The Morgan fingerprint density at radius 1 is 1.32 bits per heavy atom. The second-order valence-corrected chi connectivity index (χ2v) is 6.40. The largest absolute Gasteiger partial charge is 0.401 e. The van der Waals surface area contributed by atoms with E-state index in [4.69, 9.17) is 0 Å². The Labute approximate surface area is 130 Å². The number of carbonyl (C=O) groups excluding carboxylic acids is 1. The molecule has 0 radical (unpaired) electrons. The third-order valence-electron chi connectivity index (χ3n) is 4.63. The summed E-state index contributed by atoms with van der Waals surface area (Å²) >= 11 is 0. The topological polar surface area (TPSA) is 35.6 Å². The maximum Gasteiger partial charge on any atom is 0.401 e. The van der Waals surface area contributed by atoms with Gasteiger partial charge in [0.05, 0.1) is 12.6 Å². The first kappa shape index (κ1) is 17.5. The molecule has 0 saturated carbocycles. The molecule has 0 aromatic rings. The number of nitrogens with zero attached hydrogens (tertiary/aromatic N) is 2. The monoisotopic (exact) mass is 321 g/mol. The zero-order chi connectivity index (χ0) is 16.2. The molecule has 0 spiro atoms. The second-order valence-electron chi connectivity index (χ2n) is 6.40. The number of halogens is 3. The molecule has 0 aromatic heterocycles. The van der Waals surface area contributed by atoms with Crippen molar-refractivity contribution >= 4 is 5.91 Å². The van der Waals surface area contributed by atoms with E-state index in [1.807, 2.05) is 0 Å². The van der Waals surface area contributed by atoms with Crippen LogP contribution in [0, 0.1) is 5.92 Å². The Kier molecular flexibility index (Phi) is 6.09. The molecule has 2 saturated heterocycles. The molecule has 2 aliphatic heterocycles. The van der Waals surface area contributed by atoms with Crippen molar-refractivity contribution in [1.82, 2.24) is 15.1 Å². The molecule has 4 nitrogen and oxygen atoms in total. The first-order valence-electron chi connectivity index (χ1n) is 8.20. The van der Waals surface area contributed by atoms with Crippen LogP contribution in [0.1, 0.15) is 32.6 Å². The standard InChI is InChI=1S/C15H26F3N3O/c1-2-20(11-15(16,17)18)9-12-6-8-21(10-12)13-5-3-4-7-19-14(13)22/h12-13H,2-11H2,1H3,(H,19,22). The minimum atomic E-state index is -4.14. The highest BCUT2D eigenvalue weighted by Crippen LogP contribution is 2.24. The molecule has 0 bridgehead atoms. The molecule has 128 valence electrons. The van der Waals surface area contributed by atoms with E-state index in [-0.39, 0.29) is 17.9 Å². The number of amides is 1. The summed E-state index contributed by atoms with van der Waals surface area (Å²) in [5.41, 5.74) is 0. The summed E-state index contributed by atoms with van der Waals surface area (Å²) < 4.78 is 37.6. The van der Waals surface area contributed by atoms with Crippen molar-refractivity contribution in [2.75, 3.05) is 39.3 Å². The SMILES string of the molecule is CCN(CC1CCN(C2CCCCNC2=O)C1)CC(F)(F)F. The van der Waals surface area contributed by atoms with Gasteiger partial charge in [-0.1, -0.05) is 6.92 Å². The molecule has 1 N–H and O–H groups in total. The molecular formula is C15H26F3N3O. The number of hydrogen-bond acceptors (Lipinski definition) is 3. The maximum absolute atomic E-state index is 12.5. The van der Waals surface area contributed by atoms with Gasteiger partial charge in [0.2, 0.25) is 5.91 Å².